The van der Waals surface area contributed by atoms with E-state index in [9.17, 15) is 0 Å². The Morgan fingerprint density at radius 3 is 3.07 bits per heavy atom. The number of hydrogen-bond acceptors (Lipinski definition) is 4. The molecule has 0 aliphatic carbocycles. The first-order valence-electron chi connectivity index (χ1n) is 4.38. The first kappa shape index (κ1) is 7.88. The van der Waals surface area contributed by atoms with Crippen molar-refractivity contribution < 1.29 is 0 Å². The average Bonchev–Trinajstić information content (AvgIpc) is 2.76. The van der Waals surface area contributed by atoms with E-state index in [-0.39, 0.29) is 0 Å². The number of benzene rings is 1. The van der Waals surface area contributed by atoms with Crippen LogP contribution in [0, 0.1) is 11.3 Å². The maximum atomic E-state index is 8.75. The summed E-state index contributed by atoms with van der Waals surface area (Å²) in [5.74, 6) is 0. The van der Waals surface area contributed by atoms with Crippen molar-refractivity contribution in [1.29, 1.82) is 5.26 Å². The van der Waals surface area contributed by atoms with Crippen LogP contribution >= 0.6 is 0 Å². The highest BCUT2D eigenvalue weighted by atomic mass is 15.3. The summed E-state index contributed by atoms with van der Waals surface area (Å²) in [6, 6.07) is 7.61. The van der Waals surface area contributed by atoms with E-state index in [1.165, 1.54) is 6.20 Å². The maximum Gasteiger partial charge on any atom is 0.139 e. The second-order valence-electron chi connectivity index (χ2n) is 3.18. The number of hydrogen-bond donors (Lipinski definition) is 1. The van der Waals surface area contributed by atoms with E-state index < -0.39 is 0 Å². The molecule has 0 saturated carbocycles. The van der Waals surface area contributed by atoms with Gasteiger partial charge in [0.2, 0.25) is 0 Å². The zero-order chi connectivity index (χ0) is 10.3. The number of rotatable bonds is 0. The van der Waals surface area contributed by atoms with Crippen LogP contribution in [0.4, 0.5) is 0 Å². The van der Waals surface area contributed by atoms with Crippen molar-refractivity contribution in [2.75, 3.05) is 0 Å². The van der Waals surface area contributed by atoms with Crippen molar-refractivity contribution in [2.45, 2.75) is 0 Å². The molecule has 0 saturated heterocycles. The minimum atomic E-state index is 0.547. The Bertz CT molecular complexity index is 692. The summed E-state index contributed by atoms with van der Waals surface area (Å²) < 4.78 is 0. The largest absolute Gasteiger partial charge is 0.257 e. The van der Waals surface area contributed by atoms with Gasteiger partial charge >= 0.3 is 0 Å². The van der Waals surface area contributed by atoms with Gasteiger partial charge in [-0.2, -0.15) is 5.26 Å². The number of pyridine rings is 1. The zero-order valence-electron chi connectivity index (χ0n) is 7.60. The van der Waals surface area contributed by atoms with Gasteiger partial charge in [-0.25, -0.2) is 0 Å². The minimum Gasteiger partial charge on any atom is -0.257 e. The van der Waals surface area contributed by atoms with Gasteiger partial charge < -0.3 is 0 Å². The van der Waals surface area contributed by atoms with E-state index in [4.69, 9.17) is 5.26 Å². The van der Waals surface area contributed by atoms with Crippen LogP contribution in [0.3, 0.4) is 0 Å². The first-order valence-corrected chi connectivity index (χ1v) is 4.38. The molecule has 0 amide bonds. The third-order valence-electron chi connectivity index (χ3n) is 2.28. The molecule has 2 heterocycles. The van der Waals surface area contributed by atoms with Crippen molar-refractivity contribution >= 4 is 21.9 Å². The Morgan fingerprint density at radius 1 is 1.27 bits per heavy atom. The van der Waals surface area contributed by atoms with E-state index in [2.05, 4.69) is 26.5 Å². The number of aromatic amines is 1. The molecule has 5 heteroatoms. The highest BCUT2D eigenvalue weighted by Crippen LogP contribution is 2.20. The van der Waals surface area contributed by atoms with Gasteiger partial charge in [-0.15, -0.1) is 5.10 Å². The van der Waals surface area contributed by atoms with Crippen molar-refractivity contribution in [3.05, 3.63) is 30.0 Å². The van der Waals surface area contributed by atoms with Crippen molar-refractivity contribution in [3.63, 3.8) is 0 Å². The van der Waals surface area contributed by atoms with Crippen LogP contribution in [-0.2, 0) is 0 Å². The van der Waals surface area contributed by atoms with Crippen LogP contribution in [0.1, 0.15) is 5.56 Å². The molecule has 0 aliphatic rings. The van der Waals surface area contributed by atoms with Crippen LogP contribution in [0.15, 0.2) is 24.4 Å². The van der Waals surface area contributed by atoms with Crippen LogP contribution in [0.25, 0.3) is 21.9 Å². The Labute approximate surface area is 84.4 Å². The number of aromatic nitrogens is 4. The predicted molar refractivity (Wildman–Crippen MR) is 53.9 cm³/mol. The van der Waals surface area contributed by atoms with Gasteiger partial charge in [-0.1, -0.05) is 11.3 Å². The molecule has 15 heavy (non-hydrogen) atoms. The van der Waals surface area contributed by atoms with Gasteiger partial charge in [-0.05, 0) is 12.1 Å². The molecule has 1 N–H and O–H groups in total. The van der Waals surface area contributed by atoms with Crippen LogP contribution in [0.5, 0.6) is 0 Å². The molecule has 0 spiro atoms. The average molecular weight is 195 g/mol. The number of nitriles is 1. The fourth-order valence-corrected chi connectivity index (χ4v) is 1.57. The fraction of sp³-hybridized carbons (Fsp3) is 0. The summed E-state index contributed by atoms with van der Waals surface area (Å²) in [7, 11) is 0. The van der Waals surface area contributed by atoms with E-state index in [1.54, 1.807) is 6.07 Å². The lowest BCUT2D eigenvalue weighted by Crippen LogP contribution is -1.83. The summed E-state index contributed by atoms with van der Waals surface area (Å²) in [6.07, 6.45) is 1.54. The van der Waals surface area contributed by atoms with Gasteiger partial charge in [0.05, 0.1) is 11.1 Å². The molecule has 3 rings (SSSR count). The fourth-order valence-electron chi connectivity index (χ4n) is 1.57. The normalized spacial score (nSPS) is 10.6. The Kier molecular flexibility index (Phi) is 1.45. The molecule has 0 fully saturated rings. The molecular weight excluding hydrogens is 190 g/mol. The van der Waals surface area contributed by atoms with Gasteiger partial charge in [0.25, 0.3) is 0 Å². The Hall–Kier alpha value is -2.48. The van der Waals surface area contributed by atoms with E-state index >= 15 is 0 Å². The van der Waals surface area contributed by atoms with Crippen LogP contribution in [-0.4, -0.2) is 20.4 Å². The molecule has 0 aliphatic heterocycles. The zero-order valence-corrected chi connectivity index (χ0v) is 7.60. The molecule has 1 aromatic carbocycles. The van der Waals surface area contributed by atoms with E-state index in [0.29, 0.717) is 5.56 Å². The molecular formula is C10H5N5. The molecule has 0 radical (unpaired) electrons. The van der Waals surface area contributed by atoms with Gasteiger partial charge in [0, 0.05) is 11.6 Å². The Morgan fingerprint density at radius 2 is 2.20 bits per heavy atom. The Balaban J connectivity index is 2.50. The van der Waals surface area contributed by atoms with Crippen molar-refractivity contribution in [2.24, 2.45) is 0 Å². The number of H-pyrrole nitrogens is 1. The molecule has 70 valence electrons. The lowest BCUT2D eigenvalue weighted by atomic mass is 10.1. The summed E-state index contributed by atoms with van der Waals surface area (Å²) in [5, 5.41) is 20.1. The summed E-state index contributed by atoms with van der Waals surface area (Å²) in [5.41, 5.74) is 2.89. The van der Waals surface area contributed by atoms with Gasteiger partial charge in [0.15, 0.2) is 0 Å². The third-order valence-corrected chi connectivity index (χ3v) is 2.28. The smallest absolute Gasteiger partial charge is 0.139 e. The molecule has 0 unspecified atom stereocenters. The maximum absolute atomic E-state index is 8.75. The number of nitrogens with zero attached hydrogens (tertiary/aromatic N) is 4. The molecule has 0 bridgehead atoms. The summed E-state index contributed by atoms with van der Waals surface area (Å²) in [6.45, 7) is 0. The van der Waals surface area contributed by atoms with Crippen LogP contribution < -0.4 is 0 Å². The SMILES string of the molecule is N#Cc1cnc2c(ccc3[nH]nnc32)c1. The lowest BCUT2D eigenvalue weighted by molar-refractivity contribution is 0.960. The quantitative estimate of drug-likeness (QED) is 0.587. The second kappa shape index (κ2) is 2.75. The topological polar surface area (TPSA) is 78.2 Å². The highest BCUT2D eigenvalue weighted by Gasteiger charge is 2.05. The first-order chi connectivity index (χ1) is 7.38. The van der Waals surface area contributed by atoms with Crippen molar-refractivity contribution in [1.82, 2.24) is 20.4 Å². The summed E-state index contributed by atoms with van der Waals surface area (Å²) >= 11 is 0. The highest BCUT2D eigenvalue weighted by molar-refractivity contribution is 6.01. The third kappa shape index (κ3) is 1.05. The monoisotopic (exact) mass is 195 g/mol. The molecule has 3 aromatic rings. The second-order valence-corrected chi connectivity index (χ2v) is 3.18. The standard InChI is InChI=1S/C10H5N5/c11-4-6-3-7-1-2-8-10(14-15-13-8)9(7)12-5-6/h1-3,5H,(H,13,14,15). The predicted octanol–water partition coefficient (Wildman–Crippen LogP) is 1.38. The molecule has 0 atom stereocenters. The van der Waals surface area contributed by atoms with Gasteiger partial charge in [-0.3, -0.25) is 10.1 Å². The van der Waals surface area contributed by atoms with Crippen LogP contribution in [0.2, 0.25) is 0 Å². The number of fused-ring (bicyclic) bond motifs is 3. The number of nitrogens with one attached hydrogen (secondary N) is 1. The lowest BCUT2D eigenvalue weighted by Gasteiger charge is -1.96. The summed E-state index contributed by atoms with van der Waals surface area (Å²) in [4.78, 5) is 4.21. The molecule has 5 nitrogen and oxygen atoms in total. The van der Waals surface area contributed by atoms with Gasteiger partial charge in [0.1, 0.15) is 17.1 Å². The van der Waals surface area contributed by atoms with E-state index in [1.807, 2.05) is 12.1 Å². The molecule has 2 aromatic heterocycles. The minimum absolute atomic E-state index is 0.547. The van der Waals surface area contributed by atoms with Crippen molar-refractivity contribution in [3.8, 4) is 6.07 Å². The van der Waals surface area contributed by atoms with E-state index in [0.717, 1.165) is 21.9 Å².